The Labute approximate surface area is 183 Å². The number of rotatable bonds is 3. The van der Waals surface area contributed by atoms with Crippen LogP contribution in [0.15, 0.2) is 33.7 Å². The average Bonchev–Trinajstić information content (AvgIpc) is 2.51. The summed E-state index contributed by atoms with van der Waals surface area (Å²) in [4.78, 5) is 6.41. The van der Waals surface area contributed by atoms with Crippen LogP contribution in [0, 0.1) is 0 Å². The van der Waals surface area contributed by atoms with E-state index in [1.54, 1.807) is 20.9 Å². The van der Waals surface area contributed by atoms with Crippen LogP contribution in [0.25, 0.3) is 0 Å². The molecule has 1 N–H and O–H groups in total. The lowest BCUT2D eigenvalue weighted by Gasteiger charge is -2.40. The molecule has 2 rings (SSSR count). The van der Waals surface area contributed by atoms with Crippen molar-refractivity contribution < 1.29 is 8.42 Å². The fourth-order valence-corrected chi connectivity index (χ4v) is 5.25. The number of hydrogen-bond donors (Lipinski definition) is 1. The van der Waals surface area contributed by atoms with E-state index >= 15 is 0 Å². The van der Waals surface area contributed by atoms with Gasteiger partial charge in [0.15, 0.2) is 15.8 Å². The second-order valence-corrected chi connectivity index (χ2v) is 11.4. The molecule has 148 valence electrons. The molecule has 0 radical (unpaired) electrons. The molecule has 5 nitrogen and oxygen atoms in total. The molecule has 0 aliphatic carbocycles. The van der Waals surface area contributed by atoms with Gasteiger partial charge in [-0.3, -0.25) is 4.99 Å². The Morgan fingerprint density at radius 1 is 1.35 bits per heavy atom. The number of sulfone groups is 1. The molecular formula is C18H29BrIN3O2S. The summed E-state index contributed by atoms with van der Waals surface area (Å²) in [6.45, 7) is 9.55. The van der Waals surface area contributed by atoms with E-state index in [2.05, 4.69) is 46.2 Å². The van der Waals surface area contributed by atoms with Gasteiger partial charge in [-0.25, -0.2) is 8.42 Å². The Balaban J connectivity index is 0.00000338. The van der Waals surface area contributed by atoms with E-state index < -0.39 is 14.6 Å². The Bertz CT molecular complexity index is 763. The minimum atomic E-state index is -3.06. The number of hydrogen-bond acceptors (Lipinski definition) is 3. The van der Waals surface area contributed by atoms with Gasteiger partial charge >= 0.3 is 0 Å². The van der Waals surface area contributed by atoms with Gasteiger partial charge in [0.25, 0.3) is 0 Å². The molecule has 0 unspecified atom stereocenters. The smallest absolute Gasteiger partial charge is 0.193 e. The molecule has 26 heavy (non-hydrogen) atoms. The van der Waals surface area contributed by atoms with Crippen molar-refractivity contribution in [2.45, 2.75) is 37.9 Å². The minimum absolute atomic E-state index is 0. The second-order valence-electron chi connectivity index (χ2n) is 7.76. The Morgan fingerprint density at radius 2 is 1.96 bits per heavy atom. The Hall–Kier alpha value is -0.350. The van der Waals surface area contributed by atoms with Crippen molar-refractivity contribution in [2.24, 2.45) is 4.99 Å². The predicted molar refractivity (Wildman–Crippen MR) is 123 cm³/mol. The molecule has 1 aromatic rings. The van der Waals surface area contributed by atoms with Gasteiger partial charge in [-0.05, 0) is 25.5 Å². The molecule has 0 bridgehead atoms. The van der Waals surface area contributed by atoms with Crippen LogP contribution in [-0.2, 0) is 15.3 Å². The minimum Gasteiger partial charge on any atom is -0.355 e. The lowest BCUT2D eigenvalue weighted by atomic mass is 9.84. The topological polar surface area (TPSA) is 61.8 Å². The third-order valence-corrected chi connectivity index (χ3v) is 8.07. The van der Waals surface area contributed by atoms with E-state index in [4.69, 9.17) is 0 Å². The van der Waals surface area contributed by atoms with Crippen molar-refractivity contribution in [3.63, 3.8) is 0 Å². The Morgan fingerprint density at radius 3 is 2.50 bits per heavy atom. The van der Waals surface area contributed by atoms with E-state index in [0.717, 1.165) is 10.4 Å². The summed E-state index contributed by atoms with van der Waals surface area (Å²) in [6.07, 6.45) is 0. The standard InChI is InChI=1S/C18H28BrN3O2S.HI/c1-17(2,14-8-6-7-9-15(14)19)12-21-16(20-5)22-10-11-25(23,24)18(3,4)13-22;/h6-9H,10-13H2,1-5H3,(H,20,21);1H. The fraction of sp³-hybridized carbons (Fsp3) is 0.611. The number of aliphatic imine (C=N–C) groups is 1. The van der Waals surface area contributed by atoms with Gasteiger partial charge in [-0.1, -0.05) is 48.0 Å². The number of nitrogens with one attached hydrogen (secondary N) is 1. The number of nitrogens with zero attached hydrogens (tertiary/aromatic N) is 2. The molecule has 1 aliphatic heterocycles. The van der Waals surface area contributed by atoms with Crippen LogP contribution in [0.4, 0.5) is 0 Å². The van der Waals surface area contributed by atoms with Crippen molar-refractivity contribution in [3.8, 4) is 0 Å². The average molecular weight is 558 g/mol. The van der Waals surface area contributed by atoms with Gasteiger partial charge in [0, 0.05) is 36.6 Å². The number of guanidine groups is 1. The summed E-state index contributed by atoms with van der Waals surface area (Å²) in [7, 11) is -1.32. The molecule has 1 heterocycles. The van der Waals surface area contributed by atoms with Crippen LogP contribution in [0.3, 0.4) is 0 Å². The van der Waals surface area contributed by atoms with Gasteiger partial charge in [0.2, 0.25) is 0 Å². The van der Waals surface area contributed by atoms with Gasteiger partial charge < -0.3 is 10.2 Å². The third kappa shape index (κ3) is 5.13. The molecule has 1 fully saturated rings. The van der Waals surface area contributed by atoms with Crippen molar-refractivity contribution in [1.29, 1.82) is 0 Å². The van der Waals surface area contributed by atoms with E-state index in [-0.39, 0.29) is 35.1 Å². The zero-order chi connectivity index (χ0) is 18.9. The molecule has 8 heteroatoms. The monoisotopic (exact) mass is 557 g/mol. The summed E-state index contributed by atoms with van der Waals surface area (Å²) >= 11 is 3.63. The van der Waals surface area contributed by atoms with Crippen molar-refractivity contribution in [1.82, 2.24) is 10.2 Å². The fourth-order valence-electron chi connectivity index (χ4n) is 3.06. The molecular weight excluding hydrogens is 529 g/mol. The highest BCUT2D eigenvalue weighted by Gasteiger charge is 2.41. The van der Waals surface area contributed by atoms with Gasteiger partial charge in [-0.15, -0.1) is 24.0 Å². The van der Waals surface area contributed by atoms with E-state index in [9.17, 15) is 8.42 Å². The largest absolute Gasteiger partial charge is 0.355 e. The summed E-state index contributed by atoms with van der Waals surface area (Å²) < 4.78 is 24.7. The summed E-state index contributed by atoms with van der Waals surface area (Å²) in [5.41, 5.74) is 1.12. The molecule has 0 amide bonds. The first-order chi connectivity index (χ1) is 11.5. The summed E-state index contributed by atoms with van der Waals surface area (Å²) in [5, 5.41) is 3.43. The van der Waals surface area contributed by atoms with E-state index in [1.807, 2.05) is 23.1 Å². The third-order valence-electron chi connectivity index (χ3n) is 4.85. The van der Waals surface area contributed by atoms with Crippen LogP contribution < -0.4 is 5.32 Å². The van der Waals surface area contributed by atoms with Crippen LogP contribution >= 0.6 is 39.9 Å². The lowest BCUT2D eigenvalue weighted by molar-refractivity contribution is 0.349. The maximum Gasteiger partial charge on any atom is 0.193 e. The molecule has 0 atom stereocenters. The number of benzene rings is 1. The van der Waals surface area contributed by atoms with E-state index in [1.165, 1.54) is 5.56 Å². The van der Waals surface area contributed by atoms with Crippen molar-refractivity contribution >= 4 is 55.7 Å². The summed E-state index contributed by atoms with van der Waals surface area (Å²) in [6, 6.07) is 8.20. The first-order valence-electron chi connectivity index (χ1n) is 8.43. The molecule has 1 aromatic carbocycles. The highest BCUT2D eigenvalue weighted by molar-refractivity contribution is 14.0. The zero-order valence-corrected chi connectivity index (χ0v) is 20.8. The molecule has 1 saturated heterocycles. The van der Waals surface area contributed by atoms with Crippen LogP contribution in [0.2, 0.25) is 0 Å². The van der Waals surface area contributed by atoms with Crippen molar-refractivity contribution in [3.05, 3.63) is 34.3 Å². The molecule has 0 spiro atoms. The van der Waals surface area contributed by atoms with Crippen molar-refractivity contribution in [2.75, 3.05) is 32.4 Å². The Kier molecular flexibility index (Phi) is 7.99. The molecule has 1 aliphatic rings. The van der Waals surface area contributed by atoms with Crippen LogP contribution in [-0.4, -0.2) is 56.5 Å². The number of halogens is 2. The quantitative estimate of drug-likeness (QED) is 0.351. The van der Waals surface area contributed by atoms with Gasteiger partial charge in [0.1, 0.15) is 0 Å². The highest BCUT2D eigenvalue weighted by Crippen LogP contribution is 2.29. The van der Waals surface area contributed by atoms with Gasteiger partial charge in [0.05, 0.1) is 10.5 Å². The highest BCUT2D eigenvalue weighted by atomic mass is 127. The van der Waals surface area contributed by atoms with Gasteiger partial charge in [-0.2, -0.15) is 0 Å². The maximum absolute atomic E-state index is 12.2. The molecule has 0 saturated carbocycles. The van der Waals surface area contributed by atoms with E-state index in [0.29, 0.717) is 19.6 Å². The SMILES string of the molecule is CN=C(NCC(C)(C)c1ccccc1Br)N1CCS(=O)(=O)C(C)(C)C1.I. The zero-order valence-electron chi connectivity index (χ0n) is 16.0. The van der Waals surface area contributed by atoms with Crippen LogP contribution in [0.5, 0.6) is 0 Å². The first kappa shape index (κ1) is 23.7. The lowest BCUT2D eigenvalue weighted by Crippen LogP contribution is -2.58. The maximum atomic E-state index is 12.2. The second kappa shape index (κ2) is 8.77. The molecule has 0 aromatic heterocycles. The predicted octanol–water partition coefficient (Wildman–Crippen LogP) is 3.43. The van der Waals surface area contributed by atoms with Crippen LogP contribution in [0.1, 0.15) is 33.3 Å². The normalized spacial score (nSPS) is 19.6. The first-order valence-corrected chi connectivity index (χ1v) is 10.9. The summed E-state index contributed by atoms with van der Waals surface area (Å²) in [5.74, 6) is 0.914.